The lowest BCUT2D eigenvalue weighted by atomic mass is 9.86. The van der Waals surface area contributed by atoms with Crippen LogP contribution < -0.4 is 5.32 Å². The summed E-state index contributed by atoms with van der Waals surface area (Å²) in [6, 6.07) is 5.00. The molecule has 2 heterocycles. The second-order valence-electron chi connectivity index (χ2n) is 11.1. The van der Waals surface area contributed by atoms with E-state index in [9.17, 15) is 22.0 Å². The molecule has 1 N–H and O–H groups in total. The molecule has 10 heteroatoms. The summed E-state index contributed by atoms with van der Waals surface area (Å²) in [7, 11) is -3.68. The minimum absolute atomic E-state index is 0.0228. The van der Waals surface area contributed by atoms with Gasteiger partial charge in [0.1, 0.15) is 5.82 Å². The Morgan fingerprint density at radius 3 is 2.43 bits per heavy atom. The van der Waals surface area contributed by atoms with Crippen LogP contribution in [-0.4, -0.2) is 53.7 Å². The lowest BCUT2D eigenvalue weighted by Gasteiger charge is -2.37. The first-order valence-electron chi connectivity index (χ1n) is 12.5. The van der Waals surface area contributed by atoms with Crippen LogP contribution in [0.5, 0.6) is 0 Å². The molecule has 7 nitrogen and oxygen atoms in total. The molecular formula is C25H36F2N4O3S. The number of hydrogen-bond acceptors (Lipinski definition) is 4. The van der Waals surface area contributed by atoms with Gasteiger partial charge >= 0.3 is 0 Å². The SMILES string of the molecule is CCNC(=O)CC1CN(S(=O)(=O)c2ccc3c(c2)nc(C(C)(C)C)n3CC2CCC(F)(F)CC2)C1. The van der Waals surface area contributed by atoms with Gasteiger partial charge in [0.2, 0.25) is 21.9 Å². The number of carbonyl (C=O) groups excluding carboxylic acids is 1. The predicted molar refractivity (Wildman–Crippen MR) is 131 cm³/mol. The number of aromatic nitrogens is 2. The van der Waals surface area contributed by atoms with Crippen LogP contribution in [-0.2, 0) is 26.8 Å². The number of imidazole rings is 1. The molecular weight excluding hydrogens is 474 g/mol. The third-order valence-electron chi connectivity index (χ3n) is 7.08. The number of carbonyl (C=O) groups is 1. The van der Waals surface area contributed by atoms with Crippen molar-refractivity contribution in [3.05, 3.63) is 24.0 Å². The van der Waals surface area contributed by atoms with Gasteiger partial charge in [-0.2, -0.15) is 4.31 Å². The Kier molecular flexibility index (Phi) is 7.00. The van der Waals surface area contributed by atoms with Gasteiger partial charge in [-0.05, 0) is 49.8 Å². The van der Waals surface area contributed by atoms with Gasteiger partial charge in [0.15, 0.2) is 0 Å². The van der Waals surface area contributed by atoms with E-state index in [0.717, 1.165) is 11.3 Å². The van der Waals surface area contributed by atoms with Crippen LogP contribution in [0.25, 0.3) is 11.0 Å². The van der Waals surface area contributed by atoms with E-state index >= 15 is 0 Å². The number of sulfonamides is 1. The van der Waals surface area contributed by atoms with Crippen molar-refractivity contribution in [1.82, 2.24) is 19.2 Å². The third kappa shape index (κ3) is 5.53. The monoisotopic (exact) mass is 510 g/mol. The molecule has 0 bridgehead atoms. The summed E-state index contributed by atoms with van der Waals surface area (Å²) >= 11 is 0. The van der Waals surface area contributed by atoms with Gasteiger partial charge in [-0.15, -0.1) is 0 Å². The Balaban J connectivity index is 1.56. The number of alkyl halides is 2. The van der Waals surface area contributed by atoms with Crippen LogP contribution in [0.15, 0.2) is 23.1 Å². The number of hydrogen-bond donors (Lipinski definition) is 1. The molecule has 1 aliphatic carbocycles. The lowest BCUT2D eigenvalue weighted by Crippen LogP contribution is -2.51. The highest BCUT2D eigenvalue weighted by Gasteiger charge is 2.38. The standard InChI is InChI=1S/C25H36F2N4O3S/c1-5-28-22(32)12-18-14-30(15-18)35(33,34)19-6-7-21-20(13-19)29-23(24(2,3)4)31(21)16-17-8-10-25(26,27)11-9-17/h6-7,13,17-18H,5,8-12,14-16H2,1-4H3,(H,28,32). The molecule has 1 aliphatic heterocycles. The van der Waals surface area contributed by atoms with Crippen molar-refractivity contribution in [2.45, 2.75) is 82.6 Å². The Morgan fingerprint density at radius 2 is 1.83 bits per heavy atom. The normalized spacial score (nSPS) is 20.2. The van der Waals surface area contributed by atoms with Crippen LogP contribution in [0, 0.1) is 11.8 Å². The zero-order valence-electron chi connectivity index (χ0n) is 21.0. The van der Waals surface area contributed by atoms with Gasteiger partial charge in [0, 0.05) is 50.9 Å². The van der Waals surface area contributed by atoms with Crippen LogP contribution in [0.4, 0.5) is 8.78 Å². The van der Waals surface area contributed by atoms with Gasteiger partial charge in [-0.3, -0.25) is 4.79 Å². The van der Waals surface area contributed by atoms with Crippen LogP contribution in [0.3, 0.4) is 0 Å². The van der Waals surface area contributed by atoms with Gasteiger partial charge < -0.3 is 9.88 Å². The number of amides is 1. The van der Waals surface area contributed by atoms with Gasteiger partial charge in [-0.1, -0.05) is 20.8 Å². The molecule has 2 aliphatic rings. The van der Waals surface area contributed by atoms with Crippen molar-refractivity contribution in [2.75, 3.05) is 19.6 Å². The van der Waals surface area contributed by atoms with Crippen molar-refractivity contribution in [3.8, 4) is 0 Å². The molecule has 1 aromatic heterocycles. The highest BCUT2D eigenvalue weighted by molar-refractivity contribution is 7.89. The Morgan fingerprint density at radius 1 is 1.17 bits per heavy atom. The summed E-state index contributed by atoms with van der Waals surface area (Å²) in [4.78, 5) is 16.8. The number of halogens is 2. The van der Waals surface area contributed by atoms with E-state index in [2.05, 4.69) is 9.88 Å². The smallest absolute Gasteiger partial charge is 0.248 e. The van der Waals surface area contributed by atoms with E-state index < -0.39 is 15.9 Å². The van der Waals surface area contributed by atoms with Gasteiger partial charge in [0.25, 0.3) is 0 Å². The van der Waals surface area contributed by atoms with Crippen molar-refractivity contribution >= 4 is 27.0 Å². The Hall–Kier alpha value is -2.07. The van der Waals surface area contributed by atoms with E-state index in [0.29, 0.717) is 51.0 Å². The first-order chi connectivity index (χ1) is 16.3. The summed E-state index contributed by atoms with van der Waals surface area (Å²) in [5, 5.41) is 2.75. The number of rotatable bonds is 7. The molecule has 1 saturated carbocycles. The molecule has 0 unspecified atom stereocenters. The molecule has 0 atom stereocenters. The number of fused-ring (bicyclic) bond motifs is 1. The average molecular weight is 511 g/mol. The average Bonchev–Trinajstić information content (AvgIpc) is 3.10. The molecule has 4 rings (SSSR count). The van der Waals surface area contributed by atoms with Crippen LogP contribution in [0.1, 0.15) is 65.6 Å². The first-order valence-corrected chi connectivity index (χ1v) is 13.9. The maximum absolute atomic E-state index is 13.7. The van der Waals surface area contributed by atoms with Crippen molar-refractivity contribution in [1.29, 1.82) is 0 Å². The van der Waals surface area contributed by atoms with Crippen molar-refractivity contribution < 1.29 is 22.0 Å². The fourth-order valence-corrected chi connectivity index (χ4v) is 6.71. The maximum atomic E-state index is 13.7. The van der Waals surface area contributed by atoms with Gasteiger partial charge in [0.05, 0.1) is 15.9 Å². The summed E-state index contributed by atoms with van der Waals surface area (Å²) in [5.41, 5.74) is 1.13. The predicted octanol–water partition coefficient (Wildman–Crippen LogP) is 4.31. The first kappa shape index (κ1) is 26.0. The topological polar surface area (TPSA) is 84.3 Å². The largest absolute Gasteiger partial charge is 0.356 e. The molecule has 1 amide bonds. The van der Waals surface area contributed by atoms with Crippen molar-refractivity contribution in [2.24, 2.45) is 11.8 Å². The van der Waals surface area contributed by atoms with E-state index in [-0.39, 0.29) is 40.9 Å². The summed E-state index contributed by atoms with van der Waals surface area (Å²) in [5.74, 6) is -1.64. The summed E-state index contributed by atoms with van der Waals surface area (Å²) in [6.45, 7) is 9.80. The van der Waals surface area contributed by atoms with E-state index in [4.69, 9.17) is 4.98 Å². The fraction of sp³-hybridized carbons (Fsp3) is 0.680. The Bertz CT molecular complexity index is 1190. The number of nitrogens with zero attached hydrogens (tertiary/aromatic N) is 3. The second kappa shape index (κ2) is 9.42. The fourth-order valence-electron chi connectivity index (χ4n) is 5.10. The van der Waals surface area contributed by atoms with E-state index in [1.54, 1.807) is 18.2 Å². The minimum Gasteiger partial charge on any atom is -0.356 e. The summed E-state index contributed by atoms with van der Waals surface area (Å²) in [6.07, 6.45) is 1.08. The molecule has 2 aromatic rings. The van der Waals surface area contributed by atoms with Crippen molar-refractivity contribution in [3.63, 3.8) is 0 Å². The minimum atomic E-state index is -3.68. The number of nitrogens with one attached hydrogen (secondary N) is 1. The molecule has 194 valence electrons. The highest BCUT2D eigenvalue weighted by Crippen LogP contribution is 2.38. The van der Waals surface area contributed by atoms with E-state index in [1.165, 1.54) is 4.31 Å². The third-order valence-corrected chi connectivity index (χ3v) is 8.91. The van der Waals surface area contributed by atoms with Crippen LogP contribution >= 0.6 is 0 Å². The molecule has 2 fully saturated rings. The van der Waals surface area contributed by atoms with Gasteiger partial charge in [-0.25, -0.2) is 22.2 Å². The lowest BCUT2D eigenvalue weighted by molar-refractivity contribution is -0.122. The zero-order valence-corrected chi connectivity index (χ0v) is 21.8. The zero-order chi connectivity index (χ0) is 25.6. The second-order valence-corrected chi connectivity index (χ2v) is 13.0. The molecule has 0 spiro atoms. The number of benzene rings is 1. The highest BCUT2D eigenvalue weighted by atomic mass is 32.2. The Labute approximate surface area is 206 Å². The van der Waals surface area contributed by atoms with E-state index in [1.807, 2.05) is 27.7 Å². The molecule has 35 heavy (non-hydrogen) atoms. The molecule has 0 radical (unpaired) electrons. The maximum Gasteiger partial charge on any atom is 0.248 e. The van der Waals surface area contributed by atoms with Crippen LogP contribution in [0.2, 0.25) is 0 Å². The molecule has 1 saturated heterocycles. The quantitative estimate of drug-likeness (QED) is 0.602. The summed E-state index contributed by atoms with van der Waals surface area (Å²) < 4.78 is 57.2. The molecule has 1 aromatic carbocycles.